The van der Waals surface area contributed by atoms with Gasteiger partial charge in [-0.25, -0.2) is 4.79 Å². The maximum Gasteiger partial charge on any atom is 0.324 e. The number of carbonyl (C=O) groups is 2. The molecule has 0 spiro atoms. The maximum atomic E-state index is 12.2. The van der Waals surface area contributed by atoms with Crippen LogP contribution in [0.15, 0.2) is 24.3 Å². The maximum absolute atomic E-state index is 12.2. The zero-order valence-electron chi connectivity index (χ0n) is 11.5. The molecule has 20 heavy (non-hydrogen) atoms. The fourth-order valence-corrected chi connectivity index (χ4v) is 2.58. The molecule has 1 aliphatic rings. The number of halogens is 1. The molecule has 0 saturated carbocycles. The van der Waals surface area contributed by atoms with Gasteiger partial charge in [-0.1, -0.05) is 29.8 Å². The van der Waals surface area contributed by atoms with Crippen molar-refractivity contribution in [3.8, 4) is 0 Å². The lowest BCUT2D eigenvalue weighted by atomic mass is 10.1. The summed E-state index contributed by atoms with van der Waals surface area (Å²) in [6.07, 6.45) is 0. The molecule has 1 aromatic carbocycles. The molecule has 3 amide bonds. The Morgan fingerprint density at radius 3 is 2.70 bits per heavy atom. The van der Waals surface area contributed by atoms with Crippen molar-refractivity contribution in [3.63, 3.8) is 0 Å². The lowest BCUT2D eigenvalue weighted by molar-refractivity contribution is -0.129. The van der Waals surface area contributed by atoms with Crippen molar-refractivity contribution >= 4 is 23.5 Å². The molecule has 2 rings (SSSR count). The van der Waals surface area contributed by atoms with E-state index in [0.717, 1.165) is 5.56 Å². The summed E-state index contributed by atoms with van der Waals surface area (Å²) in [6, 6.07) is 6.64. The summed E-state index contributed by atoms with van der Waals surface area (Å²) in [6.45, 7) is 4.62. The number of benzene rings is 1. The summed E-state index contributed by atoms with van der Waals surface area (Å²) < 4.78 is 0. The number of nitrogens with zero attached hydrogens (tertiary/aromatic N) is 1. The minimum atomic E-state index is -0.454. The Bertz CT molecular complexity index is 521. The number of hydrogen-bond donors (Lipinski definition) is 2. The van der Waals surface area contributed by atoms with Gasteiger partial charge in [0.2, 0.25) is 5.91 Å². The minimum Gasteiger partial charge on any atom is -0.336 e. The van der Waals surface area contributed by atoms with E-state index < -0.39 is 6.04 Å². The number of imide groups is 1. The normalized spacial score (nSPS) is 17.8. The molecule has 0 bridgehead atoms. The second-order valence-corrected chi connectivity index (χ2v) is 5.26. The molecular weight excluding hydrogens is 278 g/mol. The monoisotopic (exact) mass is 295 g/mol. The molecule has 1 saturated heterocycles. The standard InChI is InChI=1S/C14H18ClN3O2/c1-9(11-5-3-4-6-12(11)15)17-10(2)13(19)18-8-7-16-14(18)20/h3-6,9-10,17H,7-8H2,1-2H3,(H,16,20)/t9-,10+/m1/s1. The summed E-state index contributed by atoms with van der Waals surface area (Å²) in [5, 5.41) is 6.45. The second kappa shape index (κ2) is 6.24. The van der Waals surface area contributed by atoms with Crippen molar-refractivity contribution in [1.29, 1.82) is 0 Å². The first-order valence-corrected chi connectivity index (χ1v) is 6.98. The number of carbonyl (C=O) groups excluding carboxylic acids is 2. The average molecular weight is 296 g/mol. The quantitative estimate of drug-likeness (QED) is 0.892. The van der Waals surface area contributed by atoms with E-state index >= 15 is 0 Å². The van der Waals surface area contributed by atoms with Crippen LogP contribution in [-0.2, 0) is 4.79 Å². The summed E-state index contributed by atoms with van der Waals surface area (Å²) in [4.78, 5) is 24.9. The third kappa shape index (κ3) is 3.11. The Balaban J connectivity index is 2.00. The predicted molar refractivity (Wildman–Crippen MR) is 77.6 cm³/mol. The Morgan fingerprint density at radius 2 is 2.10 bits per heavy atom. The first-order chi connectivity index (χ1) is 9.50. The SMILES string of the molecule is C[C@H](N[C@H](C)c1ccccc1Cl)C(=O)N1CCNC1=O. The van der Waals surface area contributed by atoms with E-state index in [2.05, 4.69) is 10.6 Å². The highest BCUT2D eigenvalue weighted by Gasteiger charge is 2.30. The fraction of sp³-hybridized carbons (Fsp3) is 0.429. The molecule has 0 radical (unpaired) electrons. The van der Waals surface area contributed by atoms with E-state index in [-0.39, 0.29) is 18.0 Å². The predicted octanol–water partition coefficient (Wildman–Crippen LogP) is 1.93. The smallest absolute Gasteiger partial charge is 0.324 e. The molecule has 5 nitrogen and oxygen atoms in total. The summed E-state index contributed by atoms with van der Waals surface area (Å²) in [5.74, 6) is -0.223. The van der Waals surface area contributed by atoms with Gasteiger partial charge in [-0.3, -0.25) is 15.0 Å². The van der Waals surface area contributed by atoms with Crippen molar-refractivity contribution in [3.05, 3.63) is 34.9 Å². The van der Waals surface area contributed by atoms with Gasteiger partial charge in [-0.2, -0.15) is 0 Å². The average Bonchev–Trinajstić information content (AvgIpc) is 2.84. The van der Waals surface area contributed by atoms with E-state index in [4.69, 9.17) is 11.6 Å². The van der Waals surface area contributed by atoms with Crippen molar-refractivity contribution in [2.45, 2.75) is 25.9 Å². The van der Waals surface area contributed by atoms with Crippen molar-refractivity contribution < 1.29 is 9.59 Å². The molecule has 1 aliphatic heterocycles. The molecule has 1 fully saturated rings. The van der Waals surface area contributed by atoms with Crippen LogP contribution >= 0.6 is 11.6 Å². The van der Waals surface area contributed by atoms with E-state index in [1.807, 2.05) is 31.2 Å². The summed E-state index contributed by atoms with van der Waals surface area (Å²) in [7, 11) is 0. The largest absolute Gasteiger partial charge is 0.336 e. The zero-order chi connectivity index (χ0) is 14.7. The number of amides is 3. The highest BCUT2D eigenvalue weighted by Crippen LogP contribution is 2.22. The first-order valence-electron chi connectivity index (χ1n) is 6.60. The lowest BCUT2D eigenvalue weighted by Gasteiger charge is -2.23. The van der Waals surface area contributed by atoms with Gasteiger partial charge in [0.15, 0.2) is 0 Å². The minimum absolute atomic E-state index is 0.0756. The van der Waals surface area contributed by atoms with Gasteiger partial charge in [-0.15, -0.1) is 0 Å². The Labute approximate surface area is 123 Å². The van der Waals surface area contributed by atoms with Crippen LogP contribution in [0, 0.1) is 0 Å². The van der Waals surface area contributed by atoms with Gasteiger partial charge in [0.1, 0.15) is 0 Å². The first kappa shape index (κ1) is 14.8. The van der Waals surface area contributed by atoms with Crippen LogP contribution in [0.2, 0.25) is 5.02 Å². The molecule has 1 heterocycles. The van der Waals surface area contributed by atoms with Crippen LogP contribution in [0.1, 0.15) is 25.5 Å². The van der Waals surface area contributed by atoms with Gasteiger partial charge in [-0.05, 0) is 25.5 Å². The number of rotatable bonds is 4. The molecule has 0 aromatic heterocycles. The number of urea groups is 1. The van der Waals surface area contributed by atoms with Crippen LogP contribution in [-0.4, -0.2) is 36.0 Å². The van der Waals surface area contributed by atoms with E-state index in [9.17, 15) is 9.59 Å². The van der Waals surface area contributed by atoms with E-state index in [1.54, 1.807) is 6.92 Å². The van der Waals surface area contributed by atoms with Crippen molar-refractivity contribution in [2.24, 2.45) is 0 Å². The highest BCUT2D eigenvalue weighted by molar-refractivity contribution is 6.31. The van der Waals surface area contributed by atoms with Gasteiger partial charge in [0, 0.05) is 24.2 Å². The molecule has 0 aliphatic carbocycles. The Morgan fingerprint density at radius 1 is 1.40 bits per heavy atom. The zero-order valence-corrected chi connectivity index (χ0v) is 12.3. The summed E-state index contributed by atoms with van der Waals surface area (Å²) in [5.41, 5.74) is 0.930. The van der Waals surface area contributed by atoms with Crippen molar-refractivity contribution in [1.82, 2.24) is 15.5 Å². The van der Waals surface area contributed by atoms with E-state index in [0.29, 0.717) is 18.1 Å². The summed E-state index contributed by atoms with van der Waals surface area (Å²) >= 11 is 6.13. The van der Waals surface area contributed by atoms with Crippen LogP contribution < -0.4 is 10.6 Å². The molecule has 6 heteroatoms. The molecule has 1 aromatic rings. The second-order valence-electron chi connectivity index (χ2n) is 4.85. The van der Waals surface area contributed by atoms with Crippen LogP contribution in [0.3, 0.4) is 0 Å². The van der Waals surface area contributed by atoms with Gasteiger partial charge < -0.3 is 5.32 Å². The fourth-order valence-electron chi connectivity index (χ4n) is 2.28. The Kier molecular flexibility index (Phi) is 4.62. The molecule has 2 N–H and O–H groups in total. The third-order valence-corrected chi connectivity index (χ3v) is 3.71. The number of hydrogen-bond acceptors (Lipinski definition) is 3. The van der Waals surface area contributed by atoms with E-state index in [1.165, 1.54) is 4.90 Å². The molecule has 108 valence electrons. The molecular formula is C14H18ClN3O2. The van der Waals surface area contributed by atoms with Gasteiger partial charge in [0.05, 0.1) is 6.04 Å². The van der Waals surface area contributed by atoms with Gasteiger partial charge >= 0.3 is 6.03 Å². The van der Waals surface area contributed by atoms with Crippen molar-refractivity contribution in [2.75, 3.05) is 13.1 Å². The third-order valence-electron chi connectivity index (χ3n) is 3.36. The van der Waals surface area contributed by atoms with Crippen LogP contribution in [0.4, 0.5) is 4.79 Å². The lowest BCUT2D eigenvalue weighted by Crippen LogP contribution is -2.46. The highest BCUT2D eigenvalue weighted by atomic mass is 35.5. The topological polar surface area (TPSA) is 61.4 Å². The molecule has 0 unspecified atom stereocenters. The molecule has 2 atom stereocenters. The van der Waals surface area contributed by atoms with Crippen LogP contribution in [0.5, 0.6) is 0 Å². The number of nitrogens with one attached hydrogen (secondary N) is 2. The van der Waals surface area contributed by atoms with Gasteiger partial charge in [0.25, 0.3) is 0 Å². The van der Waals surface area contributed by atoms with Crippen LogP contribution in [0.25, 0.3) is 0 Å². The Hall–Kier alpha value is -1.59.